The Hall–Kier alpha value is -2.37. The largest absolute Gasteiger partial charge is 0.481 e. The molecular formula is C15H17N3O3. The van der Waals surface area contributed by atoms with Gasteiger partial charge in [0, 0.05) is 25.5 Å². The highest BCUT2D eigenvalue weighted by Crippen LogP contribution is 2.23. The monoisotopic (exact) mass is 287 g/mol. The first-order valence-electron chi connectivity index (χ1n) is 6.98. The van der Waals surface area contributed by atoms with Gasteiger partial charge in [-0.3, -0.25) is 9.59 Å². The van der Waals surface area contributed by atoms with Crippen molar-refractivity contribution in [3.8, 4) is 0 Å². The number of amides is 1. The van der Waals surface area contributed by atoms with Gasteiger partial charge in [0.05, 0.1) is 18.0 Å². The van der Waals surface area contributed by atoms with E-state index >= 15 is 0 Å². The van der Waals surface area contributed by atoms with Crippen molar-refractivity contribution in [2.45, 2.75) is 13.3 Å². The van der Waals surface area contributed by atoms with Crippen LogP contribution in [0.25, 0.3) is 5.65 Å². The second-order valence-corrected chi connectivity index (χ2v) is 5.60. The van der Waals surface area contributed by atoms with Crippen LogP contribution in [0.2, 0.25) is 0 Å². The first kappa shape index (κ1) is 13.6. The summed E-state index contributed by atoms with van der Waals surface area (Å²) in [5.41, 5.74) is 1.51. The van der Waals surface area contributed by atoms with Crippen LogP contribution in [0.1, 0.15) is 12.6 Å². The second kappa shape index (κ2) is 5.20. The Kier molecular flexibility index (Phi) is 3.37. The Morgan fingerprint density at radius 2 is 2.19 bits per heavy atom. The molecular weight excluding hydrogens is 270 g/mol. The molecule has 1 N–H and O–H groups in total. The number of carboxylic acid groups (broad SMARTS) is 1. The Balaban J connectivity index is 1.70. The van der Waals surface area contributed by atoms with Crippen LogP contribution < -0.4 is 0 Å². The van der Waals surface area contributed by atoms with Crippen LogP contribution in [0.4, 0.5) is 0 Å². The van der Waals surface area contributed by atoms with Crippen molar-refractivity contribution in [3.63, 3.8) is 0 Å². The van der Waals surface area contributed by atoms with Gasteiger partial charge < -0.3 is 14.4 Å². The zero-order valence-electron chi connectivity index (χ0n) is 11.8. The Labute approximate surface area is 122 Å². The summed E-state index contributed by atoms with van der Waals surface area (Å²) in [7, 11) is 0. The van der Waals surface area contributed by atoms with Gasteiger partial charge in [0.15, 0.2) is 0 Å². The third-order valence-electron chi connectivity index (χ3n) is 4.03. The lowest BCUT2D eigenvalue weighted by molar-refractivity contribution is -0.142. The molecule has 0 spiro atoms. The van der Waals surface area contributed by atoms with E-state index in [0.29, 0.717) is 18.8 Å². The minimum atomic E-state index is -0.828. The fraction of sp³-hybridized carbons (Fsp3) is 0.400. The number of likely N-dealkylation sites (tertiary alicyclic amines) is 1. The third kappa shape index (κ3) is 2.61. The number of hydrogen-bond donors (Lipinski definition) is 1. The molecule has 0 bridgehead atoms. The predicted octanol–water partition coefficient (Wildman–Crippen LogP) is 1.06. The van der Waals surface area contributed by atoms with Crippen molar-refractivity contribution in [2.75, 3.05) is 13.1 Å². The minimum Gasteiger partial charge on any atom is -0.481 e. The van der Waals surface area contributed by atoms with E-state index in [1.807, 2.05) is 41.9 Å². The molecule has 110 valence electrons. The lowest BCUT2D eigenvalue weighted by Gasteiger charge is -2.14. The summed E-state index contributed by atoms with van der Waals surface area (Å²) in [6.45, 7) is 2.67. The zero-order valence-corrected chi connectivity index (χ0v) is 11.8. The van der Waals surface area contributed by atoms with E-state index in [9.17, 15) is 9.59 Å². The maximum Gasteiger partial charge on any atom is 0.308 e. The highest BCUT2D eigenvalue weighted by molar-refractivity contribution is 5.80. The zero-order chi connectivity index (χ0) is 15.0. The first-order valence-corrected chi connectivity index (χ1v) is 6.98. The molecule has 0 radical (unpaired) electrons. The molecule has 2 unspecified atom stereocenters. The molecule has 1 saturated heterocycles. The van der Waals surface area contributed by atoms with E-state index in [-0.39, 0.29) is 18.2 Å². The molecule has 1 aliphatic heterocycles. The van der Waals surface area contributed by atoms with Gasteiger partial charge in [0.2, 0.25) is 5.91 Å². The maximum atomic E-state index is 12.3. The maximum absolute atomic E-state index is 12.3. The number of carboxylic acids is 1. The summed E-state index contributed by atoms with van der Waals surface area (Å²) >= 11 is 0. The predicted molar refractivity (Wildman–Crippen MR) is 75.8 cm³/mol. The number of rotatable bonds is 3. The van der Waals surface area contributed by atoms with Crippen molar-refractivity contribution in [2.24, 2.45) is 11.8 Å². The summed E-state index contributed by atoms with van der Waals surface area (Å²) in [5, 5.41) is 9.11. The van der Waals surface area contributed by atoms with Crippen LogP contribution in [-0.2, 0) is 16.0 Å². The molecule has 0 saturated carbocycles. The Morgan fingerprint density at radius 3 is 2.86 bits per heavy atom. The van der Waals surface area contributed by atoms with Gasteiger partial charge in [0.1, 0.15) is 5.65 Å². The molecule has 2 aromatic rings. The van der Waals surface area contributed by atoms with E-state index in [0.717, 1.165) is 5.65 Å². The van der Waals surface area contributed by atoms with Crippen molar-refractivity contribution >= 4 is 17.5 Å². The smallest absolute Gasteiger partial charge is 0.308 e. The number of nitrogens with zero attached hydrogens (tertiary/aromatic N) is 3. The van der Waals surface area contributed by atoms with Gasteiger partial charge in [-0.25, -0.2) is 4.98 Å². The number of carbonyl (C=O) groups excluding carboxylic acids is 1. The normalized spacial score (nSPS) is 21.9. The van der Waals surface area contributed by atoms with Crippen LogP contribution in [0.5, 0.6) is 0 Å². The van der Waals surface area contributed by atoms with Crippen LogP contribution in [0.15, 0.2) is 30.6 Å². The van der Waals surface area contributed by atoms with Crippen molar-refractivity contribution < 1.29 is 14.7 Å². The quantitative estimate of drug-likeness (QED) is 0.916. The number of imidazole rings is 1. The van der Waals surface area contributed by atoms with Gasteiger partial charge in [-0.05, 0) is 18.1 Å². The molecule has 21 heavy (non-hydrogen) atoms. The molecule has 2 aromatic heterocycles. The van der Waals surface area contributed by atoms with Crippen molar-refractivity contribution in [1.29, 1.82) is 0 Å². The molecule has 1 aliphatic rings. The summed E-state index contributed by atoms with van der Waals surface area (Å²) < 4.78 is 1.87. The molecule has 1 amide bonds. The lowest BCUT2D eigenvalue weighted by Crippen LogP contribution is -2.31. The van der Waals surface area contributed by atoms with Crippen LogP contribution >= 0.6 is 0 Å². The average molecular weight is 287 g/mol. The molecule has 0 aromatic carbocycles. The number of hydrogen-bond acceptors (Lipinski definition) is 3. The minimum absolute atomic E-state index is 0.00693. The van der Waals surface area contributed by atoms with Crippen LogP contribution in [0, 0.1) is 11.8 Å². The molecule has 1 fully saturated rings. The fourth-order valence-corrected chi connectivity index (χ4v) is 2.83. The van der Waals surface area contributed by atoms with E-state index in [2.05, 4.69) is 4.98 Å². The third-order valence-corrected chi connectivity index (χ3v) is 4.03. The van der Waals surface area contributed by atoms with E-state index in [1.165, 1.54) is 0 Å². The topological polar surface area (TPSA) is 74.9 Å². The standard InChI is InChI=1S/C15H17N3O3/c1-10-7-18(9-12(10)15(20)21)14(19)6-11-8-17-5-3-2-4-13(17)16-11/h2-5,8,10,12H,6-7,9H2,1H3,(H,20,21). The molecule has 3 rings (SSSR count). The first-order chi connectivity index (χ1) is 10.0. The van der Waals surface area contributed by atoms with Crippen LogP contribution in [0.3, 0.4) is 0 Å². The molecule has 0 aliphatic carbocycles. The van der Waals surface area contributed by atoms with Gasteiger partial charge >= 0.3 is 5.97 Å². The molecule has 3 heterocycles. The average Bonchev–Trinajstić information content (AvgIpc) is 3.01. The number of pyridine rings is 1. The van der Waals surface area contributed by atoms with Gasteiger partial charge in [0.25, 0.3) is 0 Å². The van der Waals surface area contributed by atoms with E-state index < -0.39 is 11.9 Å². The SMILES string of the molecule is CC1CN(C(=O)Cc2cn3ccccc3n2)CC1C(=O)O. The summed E-state index contributed by atoms with van der Waals surface area (Å²) in [5.74, 6) is -1.36. The highest BCUT2D eigenvalue weighted by Gasteiger charge is 2.36. The van der Waals surface area contributed by atoms with E-state index in [1.54, 1.807) is 4.90 Å². The number of carbonyl (C=O) groups is 2. The molecule has 2 atom stereocenters. The number of fused-ring (bicyclic) bond motifs is 1. The van der Waals surface area contributed by atoms with Gasteiger partial charge in [-0.1, -0.05) is 13.0 Å². The van der Waals surface area contributed by atoms with Crippen molar-refractivity contribution in [3.05, 3.63) is 36.3 Å². The Bertz CT molecular complexity index is 661. The fourth-order valence-electron chi connectivity index (χ4n) is 2.83. The highest BCUT2D eigenvalue weighted by atomic mass is 16.4. The number of aromatic nitrogens is 2. The number of aliphatic carboxylic acids is 1. The summed E-state index contributed by atoms with van der Waals surface area (Å²) in [6.07, 6.45) is 3.93. The van der Waals surface area contributed by atoms with Gasteiger partial charge in [-0.2, -0.15) is 0 Å². The lowest BCUT2D eigenvalue weighted by atomic mass is 9.99. The molecule has 6 nitrogen and oxygen atoms in total. The van der Waals surface area contributed by atoms with Crippen LogP contribution in [-0.4, -0.2) is 44.4 Å². The van der Waals surface area contributed by atoms with E-state index in [4.69, 9.17) is 5.11 Å². The summed E-state index contributed by atoms with van der Waals surface area (Å²) in [6, 6.07) is 5.68. The van der Waals surface area contributed by atoms with Gasteiger partial charge in [-0.15, -0.1) is 0 Å². The summed E-state index contributed by atoms with van der Waals surface area (Å²) in [4.78, 5) is 29.4. The molecule has 6 heteroatoms. The Morgan fingerprint density at radius 1 is 1.38 bits per heavy atom. The second-order valence-electron chi connectivity index (χ2n) is 5.60. The van der Waals surface area contributed by atoms with Crippen molar-refractivity contribution in [1.82, 2.24) is 14.3 Å².